The van der Waals surface area contributed by atoms with Crippen LogP contribution in [0, 0.1) is 5.82 Å². The largest absolute Gasteiger partial charge is 0.360 e. The molecule has 0 bridgehead atoms. The smallest absolute Gasteiger partial charge is 0.246 e. The third-order valence-corrected chi connectivity index (χ3v) is 5.14. The summed E-state index contributed by atoms with van der Waals surface area (Å²) in [4.78, 5) is 21.1. The Balaban J connectivity index is 0.00000280. The van der Waals surface area contributed by atoms with E-state index in [9.17, 15) is 9.18 Å². The Labute approximate surface area is 185 Å². The van der Waals surface area contributed by atoms with E-state index in [1.54, 1.807) is 23.5 Å². The molecular weight excluding hydrogens is 492 g/mol. The van der Waals surface area contributed by atoms with Crippen LogP contribution in [-0.2, 0) is 4.79 Å². The maximum atomic E-state index is 13.2. The molecule has 1 fully saturated rings. The number of nitrogens with zero attached hydrogens (tertiary/aromatic N) is 3. The van der Waals surface area contributed by atoms with Crippen LogP contribution in [0.15, 0.2) is 46.8 Å². The lowest BCUT2D eigenvalue weighted by atomic mass is 10.3. The first-order valence-corrected chi connectivity index (χ1v) is 9.91. The molecule has 28 heavy (non-hydrogen) atoms. The Hall–Kier alpha value is -1.88. The summed E-state index contributed by atoms with van der Waals surface area (Å²) in [7, 11) is 0. The molecule has 1 aromatic carbocycles. The minimum atomic E-state index is -0.381. The van der Waals surface area contributed by atoms with E-state index < -0.39 is 0 Å². The van der Waals surface area contributed by atoms with E-state index in [1.165, 1.54) is 17.1 Å². The minimum Gasteiger partial charge on any atom is -0.360 e. The molecule has 1 saturated heterocycles. The summed E-state index contributed by atoms with van der Waals surface area (Å²) in [5.74, 6) is 0.0826. The molecule has 2 aromatic rings. The molecular formula is C19H25FIN5OS. The maximum absolute atomic E-state index is 13.2. The molecule has 0 unspecified atom stereocenters. The van der Waals surface area contributed by atoms with Gasteiger partial charge in [0.25, 0.3) is 0 Å². The first-order valence-electron chi connectivity index (χ1n) is 9.03. The van der Waals surface area contributed by atoms with Crippen LogP contribution in [0.2, 0.25) is 0 Å². The zero-order valence-corrected chi connectivity index (χ0v) is 18.9. The number of aliphatic imine (C=N–C) groups is 1. The van der Waals surface area contributed by atoms with Gasteiger partial charge in [-0.25, -0.2) is 9.38 Å². The number of carbonyl (C=O) groups is 1. The summed E-state index contributed by atoms with van der Waals surface area (Å²) in [5, 5.41) is 9.29. The van der Waals surface area contributed by atoms with Crippen LogP contribution in [-0.4, -0.2) is 56.0 Å². The lowest BCUT2D eigenvalue weighted by Crippen LogP contribution is -2.52. The molecule has 2 heterocycles. The fourth-order valence-corrected chi connectivity index (χ4v) is 3.71. The average Bonchev–Trinajstić information content (AvgIpc) is 3.20. The molecule has 1 aliphatic rings. The second-order valence-corrected chi connectivity index (χ2v) is 7.08. The molecule has 1 aliphatic heterocycles. The number of amides is 1. The Morgan fingerprint density at radius 3 is 2.64 bits per heavy atom. The van der Waals surface area contributed by atoms with Crippen molar-refractivity contribution in [3.63, 3.8) is 0 Å². The van der Waals surface area contributed by atoms with Gasteiger partial charge in [-0.05, 0) is 42.6 Å². The molecule has 0 aliphatic carbocycles. The van der Waals surface area contributed by atoms with Crippen LogP contribution >= 0.6 is 35.3 Å². The lowest BCUT2D eigenvalue weighted by Gasteiger charge is -2.37. The average molecular weight is 517 g/mol. The van der Waals surface area contributed by atoms with E-state index in [0.29, 0.717) is 5.69 Å². The normalized spacial score (nSPS) is 14.4. The van der Waals surface area contributed by atoms with Crippen LogP contribution in [0.1, 0.15) is 6.92 Å². The van der Waals surface area contributed by atoms with Gasteiger partial charge in [-0.15, -0.1) is 35.3 Å². The minimum absolute atomic E-state index is 0. The predicted octanol–water partition coefficient (Wildman–Crippen LogP) is 3.23. The van der Waals surface area contributed by atoms with Crippen molar-refractivity contribution in [3.05, 3.63) is 47.6 Å². The monoisotopic (exact) mass is 517 g/mol. The second kappa shape index (κ2) is 11.2. The second-order valence-electron chi connectivity index (χ2n) is 6.15. The van der Waals surface area contributed by atoms with E-state index in [4.69, 9.17) is 0 Å². The quantitative estimate of drug-likeness (QED) is 0.364. The van der Waals surface area contributed by atoms with Gasteiger partial charge in [0.2, 0.25) is 5.91 Å². The van der Waals surface area contributed by atoms with Crippen LogP contribution < -0.4 is 15.5 Å². The van der Waals surface area contributed by atoms with Gasteiger partial charge in [0.05, 0.1) is 5.00 Å². The molecule has 1 amide bonds. The van der Waals surface area contributed by atoms with E-state index in [1.807, 2.05) is 6.92 Å². The number of guanidine groups is 1. The molecule has 0 atom stereocenters. The predicted molar refractivity (Wildman–Crippen MR) is 125 cm³/mol. The van der Waals surface area contributed by atoms with Gasteiger partial charge in [0.1, 0.15) is 12.4 Å². The number of halogens is 2. The number of anilines is 2. The molecule has 0 radical (unpaired) electrons. The Morgan fingerprint density at radius 1 is 1.21 bits per heavy atom. The first-order chi connectivity index (χ1) is 13.2. The number of hydrogen-bond donors (Lipinski definition) is 2. The highest BCUT2D eigenvalue weighted by atomic mass is 127. The highest BCUT2D eigenvalue weighted by molar-refractivity contribution is 14.0. The van der Waals surface area contributed by atoms with Crippen LogP contribution in [0.5, 0.6) is 0 Å². The van der Waals surface area contributed by atoms with Crippen molar-refractivity contribution in [2.75, 3.05) is 49.5 Å². The van der Waals surface area contributed by atoms with Crippen molar-refractivity contribution in [2.45, 2.75) is 6.92 Å². The van der Waals surface area contributed by atoms with Crippen molar-refractivity contribution in [3.8, 4) is 0 Å². The highest BCUT2D eigenvalue weighted by Crippen LogP contribution is 2.22. The summed E-state index contributed by atoms with van der Waals surface area (Å²) in [5.41, 5.74) is 0.435. The molecule has 9 heteroatoms. The molecule has 0 saturated carbocycles. The molecule has 2 N–H and O–H groups in total. The standard InChI is InChI=1S/C19H24FN5OS.HI/c1-2-21-19(22-14-17(26)23-16-6-3-5-15(20)13-16)25-10-8-24(9-11-25)18-7-4-12-27-18;/h3-7,12-13H,2,8-11,14H2,1H3,(H,21,22)(H,23,26);1H. The zero-order valence-electron chi connectivity index (χ0n) is 15.7. The molecule has 0 spiro atoms. The summed E-state index contributed by atoms with van der Waals surface area (Å²) in [6, 6.07) is 10.0. The highest BCUT2D eigenvalue weighted by Gasteiger charge is 2.20. The van der Waals surface area contributed by atoms with E-state index in [2.05, 4.69) is 42.9 Å². The number of nitrogens with one attached hydrogen (secondary N) is 2. The van der Waals surface area contributed by atoms with E-state index in [0.717, 1.165) is 38.7 Å². The van der Waals surface area contributed by atoms with Crippen molar-refractivity contribution in [2.24, 2.45) is 4.99 Å². The van der Waals surface area contributed by atoms with Gasteiger partial charge < -0.3 is 20.4 Å². The fraction of sp³-hybridized carbons (Fsp3) is 0.368. The molecule has 1 aromatic heterocycles. The molecule has 152 valence electrons. The van der Waals surface area contributed by atoms with Gasteiger partial charge in [0.15, 0.2) is 5.96 Å². The van der Waals surface area contributed by atoms with Crippen LogP contribution in [0.3, 0.4) is 0 Å². The Morgan fingerprint density at radius 2 is 2.00 bits per heavy atom. The maximum Gasteiger partial charge on any atom is 0.246 e. The summed E-state index contributed by atoms with van der Waals surface area (Å²) in [6.07, 6.45) is 0. The summed E-state index contributed by atoms with van der Waals surface area (Å²) < 4.78 is 13.2. The van der Waals surface area contributed by atoms with Gasteiger partial charge in [0, 0.05) is 38.4 Å². The Bertz CT molecular complexity index is 778. The summed E-state index contributed by atoms with van der Waals surface area (Å²) >= 11 is 1.75. The van der Waals surface area contributed by atoms with Crippen molar-refractivity contribution >= 4 is 57.9 Å². The third kappa shape index (κ3) is 6.33. The lowest BCUT2D eigenvalue weighted by molar-refractivity contribution is -0.114. The van der Waals surface area contributed by atoms with Crippen molar-refractivity contribution in [1.29, 1.82) is 0 Å². The number of benzene rings is 1. The van der Waals surface area contributed by atoms with Gasteiger partial charge >= 0.3 is 0 Å². The third-order valence-electron chi connectivity index (χ3n) is 4.21. The topological polar surface area (TPSA) is 60.0 Å². The number of rotatable bonds is 5. The van der Waals surface area contributed by atoms with Gasteiger partial charge in [-0.3, -0.25) is 4.79 Å². The first kappa shape index (κ1) is 22.4. The molecule has 6 nitrogen and oxygen atoms in total. The number of carbonyl (C=O) groups excluding carboxylic acids is 1. The van der Waals surface area contributed by atoms with Crippen molar-refractivity contribution < 1.29 is 9.18 Å². The van der Waals surface area contributed by atoms with E-state index in [-0.39, 0.29) is 42.2 Å². The SMILES string of the molecule is CCNC(=NCC(=O)Nc1cccc(F)c1)N1CCN(c2cccs2)CC1.I. The Kier molecular flexibility index (Phi) is 8.97. The van der Waals surface area contributed by atoms with Crippen LogP contribution in [0.4, 0.5) is 15.1 Å². The van der Waals surface area contributed by atoms with Gasteiger partial charge in [-0.1, -0.05) is 6.07 Å². The summed E-state index contributed by atoms with van der Waals surface area (Å²) in [6.45, 7) is 6.25. The van der Waals surface area contributed by atoms with Crippen molar-refractivity contribution in [1.82, 2.24) is 10.2 Å². The number of piperazine rings is 1. The molecule has 3 rings (SSSR count). The number of thiophene rings is 1. The number of hydrogen-bond acceptors (Lipinski definition) is 4. The zero-order chi connectivity index (χ0) is 19.1. The van der Waals surface area contributed by atoms with Crippen LogP contribution in [0.25, 0.3) is 0 Å². The van der Waals surface area contributed by atoms with E-state index >= 15 is 0 Å². The fourth-order valence-electron chi connectivity index (χ4n) is 2.93. The van der Waals surface area contributed by atoms with Gasteiger partial charge in [-0.2, -0.15) is 0 Å².